The van der Waals surface area contributed by atoms with E-state index in [1.807, 2.05) is 0 Å². The SMILES string of the molecule is O=C(OC/C=C/Cl)c1ccc(F)c(F)c1F. The van der Waals surface area contributed by atoms with Crippen molar-refractivity contribution < 1.29 is 22.7 Å². The van der Waals surface area contributed by atoms with E-state index in [0.29, 0.717) is 6.07 Å². The number of benzene rings is 1. The van der Waals surface area contributed by atoms with Crippen molar-refractivity contribution >= 4 is 17.6 Å². The minimum Gasteiger partial charge on any atom is -0.458 e. The Morgan fingerprint density at radius 2 is 2.00 bits per heavy atom. The summed E-state index contributed by atoms with van der Waals surface area (Å²) in [6.07, 6.45) is 1.29. The molecule has 0 spiro atoms. The maximum atomic E-state index is 13.1. The van der Waals surface area contributed by atoms with Crippen LogP contribution in [0.4, 0.5) is 13.2 Å². The molecule has 1 rings (SSSR count). The van der Waals surface area contributed by atoms with Gasteiger partial charge in [0.1, 0.15) is 6.61 Å². The summed E-state index contributed by atoms with van der Waals surface area (Å²) in [7, 11) is 0. The molecular weight excluding hydrogens is 245 g/mol. The monoisotopic (exact) mass is 250 g/mol. The van der Waals surface area contributed by atoms with Crippen LogP contribution in [0, 0.1) is 17.5 Å². The van der Waals surface area contributed by atoms with Crippen LogP contribution in [0.3, 0.4) is 0 Å². The van der Waals surface area contributed by atoms with E-state index in [4.69, 9.17) is 11.6 Å². The fourth-order valence-electron chi connectivity index (χ4n) is 0.921. The molecular formula is C10H6ClF3O2. The highest BCUT2D eigenvalue weighted by molar-refractivity contribution is 6.25. The minimum absolute atomic E-state index is 0.180. The lowest BCUT2D eigenvalue weighted by Gasteiger charge is -2.03. The van der Waals surface area contributed by atoms with Crippen LogP contribution in [0.5, 0.6) is 0 Å². The van der Waals surface area contributed by atoms with Crippen LogP contribution < -0.4 is 0 Å². The largest absolute Gasteiger partial charge is 0.458 e. The van der Waals surface area contributed by atoms with Crippen LogP contribution in [0.25, 0.3) is 0 Å². The van der Waals surface area contributed by atoms with Gasteiger partial charge in [-0.2, -0.15) is 0 Å². The molecule has 2 nitrogen and oxygen atoms in total. The number of hydrogen-bond acceptors (Lipinski definition) is 2. The molecule has 86 valence electrons. The molecule has 0 heterocycles. The molecule has 0 atom stereocenters. The lowest BCUT2D eigenvalue weighted by molar-refractivity contribution is 0.0543. The molecule has 1 aromatic rings. The van der Waals surface area contributed by atoms with Crippen molar-refractivity contribution in [3.05, 3.63) is 46.8 Å². The Labute approximate surface area is 94.3 Å². The van der Waals surface area contributed by atoms with Crippen molar-refractivity contribution in [1.29, 1.82) is 0 Å². The minimum atomic E-state index is -1.71. The van der Waals surface area contributed by atoms with Crippen LogP contribution in [0.15, 0.2) is 23.7 Å². The normalized spacial score (nSPS) is 10.8. The highest BCUT2D eigenvalue weighted by Gasteiger charge is 2.19. The number of hydrogen-bond donors (Lipinski definition) is 0. The maximum Gasteiger partial charge on any atom is 0.341 e. The number of rotatable bonds is 3. The van der Waals surface area contributed by atoms with E-state index in [0.717, 1.165) is 11.6 Å². The summed E-state index contributed by atoms with van der Waals surface area (Å²) in [4.78, 5) is 11.2. The summed E-state index contributed by atoms with van der Waals surface area (Å²) < 4.78 is 42.8. The second-order valence-electron chi connectivity index (χ2n) is 2.68. The van der Waals surface area contributed by atoms with E-state index < -0.39 is 29.0 Å². The fraction of sp³-hybridized carbons (Fsp3) is 0.100. The van der Waals surface area contributed by atoms with Crippen LogP contribution in [-0.2, 0) is 4.74 Å². The first-order valence-corrected chi connectivity index (χ1v) is 4.57. The summed E-state index contributed by atoms with van der Waals surface area (Å²) in [6.45, 7) is -0.180. The number of ether oxygens (including phenoxy) is 1. The predicted octanol–water partition coefficient (Wildman–Crippen LogP) is 3.01. The zero-order valence-corrected chi connectivity index (χ0v) is 8.60. The molecule has 16 heavy (non-hydrogen) atoms. The second kappa shape index (κ2) is 5.55. The predicted molar refractivity (Wildman–Crippen MR) is 51.6 cm³/mol. The van der Waals surface area contributed by atoms with Gasteiger partial charge >= 0.3 is 5.97 Å². The summed E-state index contributed by atoms with van der Waals surface area (Å²) in [6, 6.07) is 1.45. The van der Waals surface area contributed by atoms with Gasteiger partial charge in [-0.15, -0.1) is 0 Å². The Bertz CT molecular complexity index is 432. The first-order valence-electron chi connectivity index (χ1n) is 4.13. The molecule has 0 saturated carbocycles. The Morgan fingerprint density at radius 1 is 1.31 bits per heavy atom. The molecule has 0 fully saturated rings. The van der Waals surface area contributed by atoms with Crippen molar-refractivity contribution in [3.63, 3.8) is 0 Å². The highest BCUT2D eigenvalue weighted by Crippen LogP contribution is 2.15. The molecule has 0 unspecified atom stereocenters. The smallest absolute Gasteiger partial charge is 0.341 e. The lowest BCUT2D eigenvalue weighted by Crippen LogP contribution is -2.09. The van der Waals surface area contributed by atoms with Gasteiger partial charge in [-0.1, -0.05) is 11.6 Å². The van der Waals surface area contributed by atoms with Crippen LogP contribution in [0.2, 0.25) is 0 Å². The first kappa shape index (κ1) is 12.6. The Kier molecular flexibility index (Phi) is 4.37. The molecule has 0 aliphatic carbocycles. The van der Waals surface area contributed by atoms with Gasteiger partial charge in [-0.25, -0.2) is 18.0 Å². The molecule has 0 aliphatic rings. The van der Waals surface area contributed by atoms with Crippen molar-refractivity contribution in [2.45, 2.75) is 0 Å². The van der Waals surface area contributed by atoms with E-state index in [9.17, 15) is 18.0 Å². The Hall–Kier alpha value is -1.49. The average Bonchev–Trinajstić information content (AvgIpc) is 2.26. The van der Waals surface area contributed by atoms with E-state index in [1.54, 1.807) is 0 Å². The zero-order valence-electron chi connectivity index (χ0n) is 7.84. The van der Waals surface area contributed by atoms with Gasteiger partial charge in [-0.05, 0) is 18.2 Å². The summed E-state index contributed by atoms with van der Waals surface area (Å²) in [5.74, 6) is -5.73. The third-order valence-electron chi connectivity index (χ3n) is 1.65. The quantitative estimate of drug-likeness (QED) is 0.609. The number of carbonyl (C=O) groups is 1. The van der Waals surface area contributed by atoms with Crippen LogP contribution in [-0.4, -0.2) is 12.6 Å². The van der Waals surface area contributed by atoms with Gasteiger partial charge < -0.3 is 4.74 Å². The van der Waals surface area contributed by atoms with Gasteiger partial charge in [-0.3, -0.25) is 0 Å². The molecule has 0 N–H and O–H groups in total. The Morgan fingerprint density at radius 3 is 2.62 bits per heavy atom. The summed E-state index contributed by atoms with van der Waals surface area (Å²) in [5.41, 5.74) is 0.441. The van der Waals surface area contributed by atoms with E-state index in [-0.39, 0.29) is 6.61 Å². The third kappa shape index (κ3) is 2.76. The van der Waals surface area contributed by atoms with E-state index >= 15 is 0 Å². The van der Waals surface area contributed by atoms with Crippen LogP contribution in [0.1, 0.15) is 10.4 Å². The molecule has 6 heteroatoms. The van der Waals surface area contributed by atoms with Crippen molar-refractivity contribution in [1.82, 2.24) is 0 Å². The van der Waals surface area contributed by atoms with E-state index in [2.05, 4.69) is 4.74 Å². The summed E-state index contributed by atoms with van der Waals surface area (Å²) in [5, 5.41) is 0. The second-order valence-corrected chi connectivity index (χ2v) is 2.94. The number of esters is 1. The van der Waals surface area contributed by atoms with Gasteiger partial charge in [0, 0.05) is 5.54 Å². The number of carbonyl (C=O) groups excluding carboxylic acids is 1. The average molecular weight is 251 g/mol. The van der Waals surface area contributed by atoms with Gasteiger partial charge in [0.15, 0.2) is 17.5 Å². The molecule has 0 amide bonds. The van der Waals surface area contributed by atoms with Gasteiger partial charge in [0.05, 0.1) is 5.56 Å². The maximum absolute atomic E-state index is 13.1. The lowest BCUT2D eigenvalue weighted by atomic mass is 10.2. The zero-order chi connectivity index (χ0) is 12.1. The topological polar surface area (TPSA) is 26.3 Å². The molecule has 0 saturated heterocycles. The third-order valence-corrected chi connectivity index (χ3v) is 1.83. The first-order chi connectivity index (χ1) is 7.57. The molecule has 0 aliphatic heterocycles. The summed E-state index contributed by atoms with van der Waals surface area (Å²) >= 11 is 5.15. The molecule has 0 radical (unpaired) electrons. The van der Waals surface area contributed by atoms with E-state index in [1.165, 1.54) is 6.08 Å². The Balaban J connectivity index is 2.88. The standard InChI is InChI=1S/C10H6ClF3O2/c11-4-1-5-16-10(15)6-2-3-7(12)9(14)8(6)13/h1-4H,5H2/b4-1+. The van der Waals surface area contributed by atoms with Gasteiger partial charge in [0.2, 0.25) is 0 Å². The van der Waals surface area contributed by atoms with Crippen molar-refractivity contribution in [3.8, 4) is 0 Å². The fourth-order valence-corrected chi connectivity index (χ4v) is 0.994. The van der Waals surface area contributed by atoms with Crippen molar-refractivity contribution in [2.24, 2.45) is 0 Å². The highest BCUT2D eigenvalue weighted by atomic mass is 35.5. The van der Waals surface area contributed by atoms with Gasteiger partial charge in [0.25, 0.3) is 0 Å². The molecule has 0 aromatic heterocycles. The van der Waals surface area contributed by atoms with Crippen LogP contribution >= 0.6 is 11.6 Å². The molecule has 1 aromatic carbocycles. The van der Waals surface area contributed by atoms with Crippen molar-refractivity contribution in [2.75, 3.05) is 6.61 Å². The molecule has 0 bridgehead atoms. The number of halogens is 4.